The number of benzene rings is 2. The number of carbonyl (C=O) groups is 1. The zero-order valence-corrected chi connectivity index (χ0v) is 14.4. The fourth-order valence-electron chi connectivity index (χ4n) is 2.12. The van der Waals surface area contributed by atoms with Crippen LogP contribution in [0.5, 0.6) is 11.5 Å². The highest BCUT2D eigenvalue weighted by atomic mass is 35.5. The molecule has 0 fully saturated rings. The van der Waals surface area contributed by atoms with Crippen molar-refractivity contribution >= 4 is 29.1 Å². The Bertz CT molecular complexity index is 687. The molecule has 2 aromatic rings. The summed E-state index contributed by atoms with van der Waals surface area (Å²) in [6.45, 7) is 0.506. The fraction of sp³-hybridized carbons (Fsp3) is 0.235. The second-order valence-electron chi connectivity index (χ2n) is 4.83. The van der Waals surface area contributed by atoms with E-state index < -0.39 is 0 Å². The van der Waals surface area contributed by atoms with E-state index in [0.717, 1.165) is 5.56 Å². The van der Waals surface area contributed by atoms with Gasteiger partial charge in [-0.1, -0.05) is 35.3 Å². The number of nitrogens with one attached hydrogen (secondary N) is 1. The molecule has 0 atom stereocenters. The highest BCUT2D eigenvalue weighted by Gasteiger charge is 2.14. The lowest BCUT2D eigenvalue weighted by molar-refractivity contribution is 0.0953. The van der Waals surface area contributed by atoms with Crippen LogP contribution < -0.4 is 14.8 Å². The van der Waals surface area contributed by atoms with E-state index in [1.54, 1.807) is 12.1 Å². The Morgan fingerprint density at radius 1 is 1.09 bits per heavy atom. The van der Waals surface area contributed by atoms with Crippen LogP contribution in [0.15, 0.2) is 36.4 Å². The topological polar surface area (TPSA) is 47.6 Å². The molecule has 0 radical (unpaired) electrons. The van der Waals surface area contributed by atoms with Crippen molar-refractivity contribution in [3.8, 4) is 11.5 Å². The number of ether oxygens (including phenoxy) is 2. The molecule has 1 N–H and O–H groups in total. The van der Waals surface area contributed by atoms with Gasteiger partial charge in [-0.2, -0.15) is 0 Å². The molecule has 0 aliphatic carbocycles. The van der Waals surface area contributed by atoms with Gasteiger partial charge < -0.3 is 14.8 Å². The average Bonchev–Trinajstić information content (AvgIpc) is 2.55. The van der Waals surface area contributed by atoms with Gasteiger partial charge in [0.2, 0.25) is 0 Å². The van der Waals surface area contributed by atoms with Crippen LogP contribution in [0.3, 0.4) is 0 Å². The number of hydrogen-bond donors (Lipinski definition) is 1. The van der Waals surface area contributed by atoms with Gasteiger partial charge in [-0.25, -0.2) is 0 Å². The third kappa shape index (κ3) is 4.53. The zero-order valence-electron chi connectivity index (χ0n) is 12.9. The minimum absolute atomic E-state index is 0.221. The summed E-state index contributed by atoms with van der Waals surface area (Å²) < 4.78 is 10.3. The van der Waals surface area contributed by atoms with Gasteiger partial charge in [-0.3, -0.25) is 4.79 Å². The first-order valence-corrected chi connectivity index (χ1v) is 7.75. The second-order valence-corrected chi connectivity index (χ2v) is 5.67. The van der Waals surface area contributed by atoms with Gasteiger partial charge in [0.15, 0.2) is 11.5 Å². The van der Waals surface area contributed by atoms with Crippen LogP contribution in [-0.4, -0.2) is 26.7 Å². The number of halogens is 2. The number of rotatable bonds is 6. The third-order valence-corrected chi connectivity index (χ3v) is 3.84. The number of methoxy groups -OCH3 is 2. The number of hydrogen-bond acceptors (Lipinski definition) is 3. The van der Waals surface area contributed by atoms with E-state index in [0.29, 0.717) is 40.1 Å². The molecule has 0 aliphatic heterocycles. The Kier molecular flexibility index (Phi) is 6.13. The Morgan fingerprint density at radius 2 is 1.78 bits per heavy atom. The Morgan fingerprint density at radius 3 is 2.39 bits per heavy atom. The van der Waals surface area contributed by atoms with Crippen molar-refractivity contribution < 1.29 is 14.3 Å². The van der Waals surface area contributed by atoms with E-state index in [4.69, 9.17) is 32.7 Å². The average molecular weight is 354 g/mol. The first-order valence-electron chi connectivity index (χ1n) is 6.99. The Labute approximate surface area is 145 Å². The van der Waals surface area contributed by atoms with Gasteiger partial charge in [0.05, 0.1) is 19.2 Å². The maximum absolute atomic E-state index is 12.2. The van der Waals surface area contributed by atoms with Crippen molar-refractivity contribution in [2.24, 2.45) is 0 Å². The monoisotopic (exact) mass is 353 g/mol. The predicted octanol–water partition coefficient (Wildman–Crippen LogP) is 3.98. The van der Waals surface area contributed by atoms with Crippen LogP contribution in [0, 0.1) is 0 Å². The summed E-state index contributed by atoms with van der Waals surface area (Å²) in [5.74, 6) is 0.608. The molecule has 0 heterocycles. The van der Waals surface area contributed by atoms with Crippen LogP contribution in [0.4, 0.5) is 0 Å². The van der Waals surface area contributed by atoms with E-state index in [1.165, 1.54) is 14.2 Å². The highest BCUT2D eigenvalue weighted by Crippen LogP contribution is 2.35. The summed E-state index contributed by atoms with van der Waals surface area (Å²) in [6.07, 6.45) is 0.712. The summed E-state index contributed by atoms with van der Waals surface area (Å²) in [4.78, 5) is 12.2. The van der Waals surface area contributed by atoms with Gasteiger partial charge in [0.1, 0.15) is 0 Å². The van der Waals surface area contributed by atoms with Crippen molar-refractivity contribution in [1.82, 2.24) is 5.32 Å². The van der Waals surface area contributed by atoms with Gasteiger partial charge in [0, 0.05) is 17.1 Å². The normalized spacial score (nSPS) is 10.3. The molecule has 1 amide bonds. The molecule has 0 saturated carbocycles. The van der Waals surface area contributed by atoms with E-state index in [1.807, 2.05) is 24.3 Å². The molecule has 2 aromatic carbocycles. The van der Waals surface area contributed by atoms with E-state index in [9.17, 15) is 4.79 Å². The molecule has 0 spiro atoms. The van der Waals surface area contributed by atoms with Gasteiger partial charge >= 0.3 is 0 Å². The molecule has 0 saturated heterocycles. The molecule has 0 aromatic heterocycles. The van der Waals surface area contributed by atoms with Crippen molar-refractivity contribution in [2.45, 2.75) is 6.42 Å². The first-order chi connectivity index (χ1) is 11.0. The fourth-order valence-corrected chi connectivity index (χ4v) is 2.54. The largest absolute Gasteiger partial charge is 0.493 e. The van der Waals surface area contributed by atoms with Crippen LogP contribution >= 0.6 is 23.2 Å². The minimum atomic E-state index is -0.221. The molecule has 0 unspecified atom stereocenters. The van der Waals surface area contributed by atoms with Gasteiger partial charge in [0.25, 0.3) is 5.91 Å². The molecule has 0 bridgehead atoms. The predicted molar refractivity (Wildman–Crippen MR) is 92.0 cm³/mol. The van der Waals surface area contributed by atoms with E-state index in [2.05, 4.69) is 5.32 Å². The molecule has 0 aliphatic rings. The summed E-state index contributed by atoms with van der Waals surface area (Å²) in [5.41, 5.74) is 1.52. The summed E-state index contributed by atoms with van der Waals surface area (Å²) in [6, 6.07) is 10.7. The van der Waals surface area contributed by atoms with E-state index >= 15 is 0 Å². The summed E-state index contributed by atoms with van der Waals surface area (Å²) in [7, 11) is 2.99. The van der Waals surface area contributed by atoms with Crippen molar-refractivity contribution in [2.75, 3.05) is 20.8 Å². The lowest BCUT2D eigenvalue weighted by Gasteiger charge is -2.12. The minimum Gasteiger partial charge on any atom is -0.493 e. The maximum atomic E-state index is 12.2. The molecular weight excluding hydrogens is 337 g/mol. The van der Waals surface area contributed by atoms with Crippen molar-refractivity contribution in [3.63, 3.8) is 0 Å². The SMILES string of the molecule is COc1cc(C(=O)NCCc2ccc(Cl)cc2)cc(Cl)c1OC. The number of amides is 1. The van der Waals surface area contributed by atoms with Crippen molar-refractivity contribution in [3.05, 3.63) is 57.6 Å². The van der Waals surface area contributed by atoms with Crippen LogP contribution in [0.2, 0.25) is 10.0 Å². The Hall–Kier alpha value is -1.91. The number of carbonyl (C=O) groups excluding carboxylic acids is 1. The molecule has 4 nitrogen and oxygen atoms in total. The lowest BCUT2D eigenvalue weighted by Crippen LogP contribution is -2.25. The first kappa shape index (κ1) is 17.4. The molecular formula is C17H17Cl2NO3. The summed E-state index contributed by atoms with van der Waals surface area (Å²) in [5, 5.41) is 3.87. The molecule has 6 heteroatoms. The Balaban J connectivity index is 2.00. The maximum Gasteiger partial charge on any atom is 0.251 e. The quantitative estimate of drug-likeness (QED) is 0.854. The molecule has 122 valence electrons. The van der Waals surface area contributed by atoms with Crippen LogP contribution in [-0.2, 0) is 6.42 Å². The van der Waals surface area contributed by atoms with Gasteiger partial charge in [-0.15, -0.1) is 0 Å². The zero-order chi connectivity index (χ0) is 16.8. The lowest BCUT2D eigenvalue weighted by atomic mass is 10.1. The van der Waals surface area contributed by atoms with E-state index in [-0.39, 0.29) is 5.91 Å². The van der Waals surface area contributed by atoms with Crippen molar-refractivity contribution in [1.29, 1.82) is 0 Å². The van der Waals surface area contributed by atoms with Crippen LogP contribution in [0.25, 0.3) is 0 Å². The van der Waals surface area contributed by atoms with Gasteiger partial charge in [-0.05, 0) is 36.2 Å². The van der Waals surface area contributed by atoms with Crippen LogP contribution in [0.1, 0.15) is 15.9 Å². The highest BCUT2D eigenvalue weighted by molar-refractivity contribution is 6.32. The second kappa shape index (κ2) is 8.09. The smallest absolute Gasteiger partial charge is 0.251 e. The third-order valence-electron chi connectivity index (χ3n) is 3.31. The summed E-state index contributed by atoms with van der Waals surface area (Å²) >= 11 is 11.9. The molecule has 23 heavy (non-hydrogen) atoms. The standard InChI is InChI=1S/C17H17Cl2NO3/c1-22-15-10-12(9-14(19)16(15)23-2)17(21)20-8-7-11-3-5-13(18)6-4-11/h3-6,9-10H,7-8H2,1-2H3,(H,20,21). The molecule has 2 rings (SSSR count).